The van der Waals surface area contributed by atoms with Crippen molar-refractivity contribution < 1.29 is 32.3 Å². The van der Waals surface area contributed by atoms with Gasteiger partial charge in [-0.15, -0.1) is 0 Å². The van der Waals surface area contributed by atoms with E-state index >= 15 is 0 Å². The second kappa shape index (κ2) is 12.9. The van der Waals surface area contributed by atoms with Crippen LogP contribution in [0.3, 0.4) is 0 Å². The standard InChI is InChI=1S/C27H33F3N6O4/c1-26(2,32)24(38)35-19(15-40-20-9-4-3-8-18(20)28)23(37)36-12-10-21(31)27(16-36,25(39)34-14-22(29)30)13-17-7-5-6-11-33-17/h3-9,11,19,22,31H,10,12-16,32H2,1-2H3,(H,34,39)(H,35,38)/t19-,27-/m1/s1. The molecule has 1 aromatic heterocycles. The summed E-state index contributed by atoms with van der Waals surface area (Å²) in [4.78, 5) is 45.3. The highest BCUT2D eigenvalue weighted by molar-refractivity contribution is 6.09. The molecule has 2 atom stereocenters. The van der Waals surface area contributed by atoms with Crippen LogP contribution < -0.4 is 21.1 Å². The number of halogens is 3. The molecule has 1 fully saturated rings. The van der Waals surface area contributed by atoms with Gasteiger partial charge in [0.1, 0.15) is 18.1 Å². The molecule has 3 rings (SSSR count). The minimum absolute atomic E-state index is 0.0157. The lowest BCUT2D eigenvalue weighted by molar-refractivity contribution is -0.141. The molecule has 1 aromatic carbocycles. The van der Waals surface area contributed by atoms with Crippen LogP contribution in [-0.2, 0) is 20.8 Å². The van der Waals surface area contributed by atoms with Crippen LogP contribution in [0.25, 0.3) is 0 Å². The van der Waals surface area contributed by atoms with E-state index in [0.29, 0.717) is 5.69 Å². The van der Waals surface area contributed by atoms with E-state index in [1.165, 1.54) is 49.2 Å². The maximum atomic E-state index is 14.2. The molecule has 1 aliphatic rings. The number of nitrogens with two attached hydrogens (primary N) is 1. The zero-order valence-electron chi connectivity index (χ0n) is 22.3. The zero-order valence-corrected chi connectivity index (χ0v) is 22.3. The molecular formula is C27H33F3N6O4. The Morgan fingerprint density at radius 3 is 2.52 bits per heavy atom. The molecule has 0 spiro atoms. The number of para-hydroxylation sites is 1. The van der Waals surface area contributed by atoms with E-state index in [-0.39, 0.29) is 37.4 Å². The van der Waals surface area contributed by atoms with Crippen molar-refractivity contribution in [3.05, 3.63) is 60.2 Å². The third kappa shape index (κ3) is 7.56. The highest BCUT2D eigenvalue weighted by Gasteiger charge is 2.49. The summed E-state index contributed by atoms with van der Waals surface area (Å²) in [5, 5.41) is 13.4. The number of benzene rings is 1. The first-order valence-electron chi connectivity index (χ1n) is 12.6. The van der Waals surface area contributed by atoms with Gasteiger partial charge < -0.3 is 31.4 Å². The van der Waals surface area contributed by atoms with E-state index < -0.39 is 60.1 Å². The summed E-state index contributed by atoms with van der Waals surface area (Å²) in [6.07, 6.45) is -1.47. The molecule has 10 nitrogen and oxygen atoms in total. The number of pyridine rings is 1. The Balaban J connectivity index is 1.91. The molecule has 1 saturated heterocycles. The normalized spacial score (nSPS) is 18.3. The molecule has 0 radical (unpaired) electrons. The summed E-state index contributed by atoms with van der Waals surface area (Å²) in [5.41, 5.74) is 3.22. The number of nitrogens with zero attached hydrogens (tertiary/aromatic N) is 2. The van der Waals surface area contributed by atoms with Gasteiger partial charge in [-0.05, 0) is 38.1 Å². The fourth-order valence-electron chi connectivity index (χ4n) is 4.25. The van der Waals surface area contributed by atoms with Gasteiger partial charge >= 0.3 is 0 Å². The van der Waals surface area contributed by atoms with Crippen molar-refractivity contribution in [2.45, 2.75) is 44.7 Å². The fraction of sp³-hybridized carbons (Fsp3) is 0.444. The summed E-state index contributed by atoms with van der Waals surface area (Å²) in [5.74, 6) is -3.00. The largest absolute Gasteiger partial charge is 0.488 e. The Morgan fingerprint density at radius 1 is 1.20 bits per heavy atom. The quantitative estimate of drug-likeness (QED) is 0.327. The molecule has 0 saturated carbocycles. The highest BCUT2D eigenvalue weighted by atomic mass is 19.3. The van der Waals surface area contributed by atoms with E-state index in [0.717, 1.165) is 0 Å². The Bertz CT molecular complexity index is 1220. The van der Waals surface area contributed by atoms with Gasteiger partial charge in [0.25, 0.3) is 6.43 Å². The molecule has 1 aliphatic heterocycles. The molecular weight excluding hydrogens is 529 g/mol. The first kappa shape index (κ1) is 30.5. The van der Waals surface area contributed by atoms with E-state index in [1.54, 1.807) is 18.2 Å². The second-order valence-electron chi connectivity index (χ2n) is 10.2. The minimum Gasteiger partial charge on any atom is -0.488 e. The monoisotopic (exact) mass is 562 g/mol. The van der Waals surface area contributed by atoms with Crippen LogP contribution in [0.4, 0.5) is 13.2 Å². The maximum absolute atomic E-state index is 14.2. The zero-order chi connectivity index (χ0) is 29.5. The van der Waals surface area contributed by atoms with Crippen molar-refractivity contribution in [2.75, 3.05) is 26.2 Å². The van der Waals surface area contributed by atoms with Crippen LogP contribution >= 0.6 is 0 Å². The Labute approximate surface area is 230 Å². The molecule has 3 amide bonds. The van der Waals surface area contributed by atoms with Crippen molar-refractivity contribution in [3.63, 3.8) is 0 Å². The van der Waals surface area contributed by atoms with E-state index in [1.807, 2.05) is 0 Å². The summed E-state index contributed by atoms with van der Waals surface area (Å²) in [7, 11) is 0. The number of carbonyl (C=O) groups excluding carboxylic acids is 3. The fourth-order valence-corrected chi connectivity index (χ4v) is 4.25. The lowest BCUT2D eigenvalue weighted by Crippen LogP contribution is -2.63. The average Bonchev–Trinajstić information content (AvgIpc) is 2.91. The summed E-state index contributed by atoms with van der Waals surface area (Å²) in [6, 6.07) is 9.18. The number of hydrogen-bond donors (Lipinski definition) is 4. The summed E-state index contributed by atoms with van der Waals surface area (Å²) in [6.45, 7) is 1.17. The lowest BCUT2D eigenvalue weighted by atomic mass is 9.73. The third-order valence-corrected chi connectivity index (χ3v) is 6.47. The number of carbonyl (C=O) groups is 3. The maximum Gasteiger partial charge on any atom is 0.255 e. The van der Waals surface area contributed by atoms with Crippen molar-refractivity contribution in [1.82, 2.24) is 20.5 Å². The topological polar surface area (TPSA) is 151 Å². The van der Waals surface area contributed by atoms with Crippen LogP contribution in [0.15, 0.2) is 48.7 Å². The highest BCUT2D eigenvalue weighted by Crippen LogP contribution is 2.32. The number of amides is 3. The van der Waals surface area contributed by atoms with E-state index in [4.69, 9.17) is 15.9 Å². The lowest BCUT2D eigenvalue weighted by Gasteiger charge is -2.43. The predicted octanol–water partition coefficient (Wildman–Crippen LogP) is 1.68. The van der Waals surface area contributed by atoms with Gasteiger partial charge in [-0.2, -0.15) is 0 Å². The second-order valence-corrected chi connectivity index (χ2v) is 10.2. The molecule has 5 N–H and O–H groups in total. The predicted molar refractivity (Wildman–Crippen MR) is 140 cm³/mol. The SMILES string of the molecule is CC(C)(N)C(=O)N[C@H](COc1ccccc1F)C(=O)N1CCC(=N)[C@](Cc2ccccn2)(C(=O)NCC(F)F)C1. The first-order valence-corrected chi connectivity index (χ1v) is 12.6. The van der Waals surface area contributed by atoms with Gasteiger partial charge in [-0.1, -0.05) is 18.2 Å². The first-order chi connectivity index (χ1) is 18.8. The van der Waals surface area contributed by atoms with Crippen LogP contribution in [-0.4, -0.2) is 77.6 Å². The molecule has 2 heterocycles. The summed E-state index contributed by atoms with van der Waals surface area (Å²) < 4.78 is 45.6. The number of aromatic nitrogens is 1. The number of piperidine rings is 1. The molecule has 0 bridgehead atoms. The van der Waals surface area contributed by atoms with Crippen LogP contribution in [0.2, 0.25) is 0 Å². The van der Waals surface area contributed by atoms with Gasteiger partial charge in [-0.25, -0.2) is 13.2 Å². The number of rotatable bonds is 11. The Hall–Kier alpha value is -4.00. The molecule has 40 heavy (non-hydrogen) atoms. The van der Waals surface area contributed by atoms with E-state index in [9.17, 15) is 27.6 Å². The minimum atomic E-state index is -2.82. The van der Waals surface area contributed by atoms with E-state index in [2.05, 4.69) is 15.6 Å². The number of ether oxygens (including phenoxy) is 1. The number of hydrogen-bond acceptors (Lipinski definition) is 7. The van der Waals surface area contributed by atoms with Crippen molar-refractivity contribution in [2.24, 2.45) is 11.1 Å². The Morgan fingerprint density at radius 2 is 1.90 bits per heavy atom. The van der Waals surface area contributed by atoms with Gasteiger partial charge in [0, 0.05) is 43.5 Å². The smallest absolute Gasteiger partial charge is 0.255 e. The molecule has 0 unspecified atom stereocenters. The van der Waals surface area contributed by atoms with Gasteiger partial charge in [0.2, 0.25) is 17.7 Å². The third-order valence-electron chi connectivity index (χ3n) is 6.47. The van der Waals surface area contributed by atoms with Gasteiger partial charge in [-0.3, -0.25) is 19.4 Å². The van der Waals surface area contributed by atoms with Crippen LogP contribution in [0.5, 0.6) is 5.75 Å². The van der Waals surface area contributed by atoms with Gasteiger partial charge in [0.15, 0.2) is 11.6 Å². The average molecular weight is 563 g/mol. The summed E-state index contributed by atoms with van der Waals surface area (Å²) >= 11 is 0. The Kier molecular flexibility index (Phi) is 9.85. The number of alkyl halides is 2. The number of likely N-dealkylation sites (tertiary alicyclic amines) is 1. The molecule has 13 heteroatoms. The molecule has 0 aliphatic carbocycles. The van der Waals surface area contributed by atoms with Gasteiger partial charge in [0.05, 0.1) is 12.1 Å². The number of nitrogens with one attached hydrogen (secondary N) is 3. The molecule has 2 aromatic rings. The van der Waals surface area contributed by atoms with Crippen LogP contribution in [0, 0.1) is 16.6 Å². The molecule has 216 valence electrons. The van der Waals surface area contributed by atoms with Crippen molar-refractivity contribution >= 4 is 23.4 Å². The van der Waals surface area contributed by atoms with Crippen molar-refractivity contribution in [3.8, 4) is 5.75 Å². The van der Waals surface area contributed by atoms with Crippen LogP contribution in [0.1, 0.15) is 26.0 Å². The van der Waals surface area contributed by atoms with Crippen molar-refractivity contribution in [1.29, 1.82) is 5.41 Å².